The van der Waals surface area contributed by atoms with E-state index in [1.807, 2.05) is 35.4 Å². The Morgan fingerprint density at radius 1 is 1.13 bits per heavy atom. The van der Waals surface area contributed by atoms with Crippen LogP contribution >= 0.6 is 11.8 Å². The normalized spacial score (nSPS) is 21.6. The first kappa shape index (κ1) is 16.8. The monoisotopic (exact) mass is 334 g/mol. The van der Waals surface area contributed by atoms with Crippen LogP contribution in [0.4, 0.5) is 0 Å². The van der Waals surface area contributed by atoms with E-state index in [1.165, 1.54) is 17.7 Å². The molecule has 2 fully saturated rings. The molecule has 1 aromatic carbocycles. The molecule has 23 heavy (non-hydrogen) atoms. The van der Waals surface area contributed by atoms with Gasteiger partial charge in [-0.05, 0) is 69.3 Å². The van der Waals surface area contributed by atoms with Gasteiger partial charge in [-0.25, -0.2) is 0 Å². The van der Waals surface area contributed by atoms with Gasteiger partial charge in [0.25, 0.3) is 5.91 Å². The lowest BCUT2D eigenvalue weighted by molar-refractivity contribution is -0.0367. The van der Waals surface area contributed by atoms with Crippen LogP contribution < -0.4 is 0 Å². The maximum Gasteiger partial charge on any atom is 0.253 e. The predicted octanol–water partition coefficient (Wildman–Crippen LogP) is 2.47. The summed E-state index contributed by atoms with van der Waals surface area (Å²) in [6.45, 7) is 4.26. The van der Waals surface area contributed by atoms with Crippen LogP contribution in [0.25, 0.3) is 0 Å². The molecule has 4 nitrogen and oxygen atoms in total. The highest BCUT2D eigenvalue weighted by molar-refractivity contribution is 7.98. The number of aliphatic hydroxyl groups is 1. The number of rotatable bonds is 4. The summed E-state index contributed by atoms with van der Waals surface area (Å²) in [5.74, 6) is 0.0841. The van der Waals surface area contributed by atoms with E-state index in [1.54, 1.807) is 11.8 Å². The molecule has 3 rings (SSSR count). The Morgan fingerprint density at radius 2 is 1.74 bits per heavy atom. The predicted molar refractivity (Wildman–Crippen MR) is 94.0 cm³/mol. The maximum absolute atomic E-state index is 12.6. The summed E-state index contributed by atoms with van der Waals surface area (Å²) < 4.78 is 0. The Balaban J connectivity index is 1.55. The average molecular weight is 334 g/mol. The number of thioether (sulfide) groups is 1. The lowest BCUT2D eigenvalue weighted by Gasteiger charge is -2.40. The molecule has 2 heterocycles. The van der Waals surface area contributed by atoms with E-state index in [0.717, 1.165) is 25.2 Å². The van der Waals surface area contributed by atoms with Crippen LogP contribution in [0.3, 0.4) is 0 Å². The Morgan fingerprint density at radius 3 is 2.30 bits per heavy atom. The second kappa shape index (κ2) is 7.24. The number of benzene rings is 1. The summed E-state index contributed by atoms with van der Waals surface area (Å²) in [5.41, 5.74) is 0.122. The zero-order valence-electron chi connectivity index (χ0n) is 13.8. The first-order chi connectivity index (χ1) is 11.1. The molecule has 0 atom stereocenters. The summed E-state index contributed by atoms with van der Waals surface area (Å²) in [5, 5.41) is 10.8. The third-order valence-corrected chi connectivity index (χ3v) is 5.78. The lowest BCUT2D eigenvalue weighted by atomic mass is 9.90. The fraction of sp³-hybridized carbons (Fsp3) is 0.611. The second-order valence-corrected chi connectivity index (χ2v) is 7.61. The van der Waals surface area contributed by atoms with Gasteiger partial charge in [0.15, 0.2) is 0 Å². The van der Waals surface area contributed by atoms with Crippen molar-refractivity contribution in [3.05, 3.63) is 29.8 Å². The Kier molecular flexibility index (Phi) is 5.29. The molecule has 0 aromatic heterocycles. The van der Waals surface area contributed by atoms with Crippen molar-refractivity contribution >= 4 is 17.7 Å². The Labute approximate surface area is 142 Å². The number of nitrogens with zero attached hydrogens (tertiary/aromatic N) is 2. The highest BCUT2D eigenvalue weighted by Gasteiger charge is 2.36. The summed E-state index contributed by atoms with van der Waals surface area (Å²) >= 11 is 1.68. The fourth-order valence-electron chi connectivity index (χ4n) is 3.56. The molecule has 5 heteroatoms. The molecule has 126 valence electrons. The molecule has 0 unspecified atom stereocenters. The van der Waals surface area contributed by atoms with E-state index in [-0.39, 0.29) is 5.91 Å². The number of hydrogen-bond donors (Lipinski definition) is 1. The second-order valence-electron chi connectivity index (χ2n) is 6.73. The first-order valence-electron chi connectivity index (χ1n) is 8.48. The number of carbonyl (C=O) groups is 1. The minimum Gasteiger partial charge on any atom is -0.388 e. The third-order valence-electron chi connectivity index (χ3n) is 5.03. The van der Waals surface area contributed by atoms with Gasteiger partial charge >= 0.3 is 0 Å². The van der Waals surface area contributed by atoms with E-state index in [2.05, 4.69) is 4.90 Å². The van der Waals surface area contributed by atoms with E-state index < -0.39 is 5.60 Å². The fourth-order valence-corrected chi connectivity index (χ4v) is 3.97. The summed E-state index contributed by atoms with van der Waals surface area (Å²) in [4.78, 5) is 18.0. The molecular weight excluding hydrogens is 308 g/mol. The number of piperidine rings is 1. The van der Waals surface area contributed by atoms with Crippen molar-refractivity contribution in [2.45, 2.75) is 36.2 Å². The maximum atomic E-state index is 12.6. The Hall–Kier alpha value is -1.04. The molecular formula is C18H26N2O2S. The summed E-state index contributed by atoms with van der Waals surface area (Å²) in [6, 6.07) is 7.79. The Bertz CT molecular complexity index is 532. The molecule has 0 radical (unpaired) electrons. The van der Waals surface area contributed by atoms with Gasteiger partial charge in [0.1, 0.15) is 0 Å². The molecule has 2 aliphatic rings. The van der Waals surface area contributed by atoms with Crippen LogP contribution in [0.1, 0.15) is 36.0 Å². The molecule has 0 saturated carbocycles. The number of β-amino-alcohol motifs (C(OH)–C–C–N with tert-alkyl or cyclic N) is 1. The number of likely N-dealkylation sites (tertiary alicyclic amines) is 2. The van der Waals surface area contributed by atoms with E-state index in [9.17, 15) is 9.90 Å². The number of hydrogen-bond acceptors (Lipinski definition) is 4. The molecule has 1 N–H and O–H groups in total. The van der Waals surface area contributed by atoms with E-state index in [0.29, 0.717) is 25.9 Å². The minimum absolute atomic E-state index is 0.0841. The van der Waals surface area contributed by atoms with Gasteiger partial charge in [-0.3, -0.25) is 4.79 Å². The third kappa shape index (κ3) is 4.08. The van der Waals surface area contributed by atoms with Gasteiger partial charge in [-0.15, -0.1) is 11.8 Å². The zero-order chi connectivity index (χ0) is 16.3. The quantitative estimate of drug-likeness (QED) is 0.859. The zero-order valence-corrected chi connectivity index (χ0v) is 14.6. The van der Waals surface area contributed by atoms with Crippen molar-refractivity contribution < 1.29 is 9.90 Å². The summed E-state index contributed by atoms with van der Waals surface area (Å²) in [7, 11) is 0. The highest BCUT2D eigenvalue weighted by Crippen LogP contribution is 2.26. The smallest absolute Gasteiger partial charge is 0.253 e. The molecule has 1 amide bonds. The van der Waals surface area contributed by atoms with Crippen LogP contribution in [0, 0.1) is 0 Å². The van der Waals surface area contributed by atoms with Crippen molar-refractivity contribution in [2.24, 2.45) is 0 Å². The molecule has 1 aromatic rings. The average Bonchev–Trinajstić information content (AvgIpc) is 3.07. The van der Waals surface area contributed by atoms with Crippen LogP contribution in [0.2, 0.25) is 0 Å². The van der Waals surface area contributed by atoms with Crippen LogP contribution in [-0.2, 0) is 0 Å². The molecule has 0 spiro atoms. The molecule has 0 aliphatic carbocycles. The van der Waals surface area contributed by atoms with E-state index >= 15 is 0 Å². The topological polar surface area (TPSA) is 43.8 Å². The van der Waals surface area contributed by atoms with Gasteiger partial charge in [-0.1, -0.05) is 0 Å². The van der Waals surface area contributed by atoms with Gasteiger partial charge in [0.05, 0.1) is 5.60 Å². The van der Waals surface area contributed by atoms with Crippen molar-refractivity contribution in [3.8, 4) is 0 Å². The lowest BCUT2D eigenvalue weighted by Crippen LogP contribution is -2.51. The minimum atomic E-state index is -0.621. The molecule has 2 aliphatic heterocycles. The van der Waals surface area contributed by atoms with Crippen molar-refractivity contribution in [1.82, 2.24) is 9.80 Å². The first-order valence-corrected chi connectivity index (χ1v) is 9.70. The SMILES string of the molecule is CSc1ccc(C(=O)N2CCC(O)(CN3CCCC3)CC2)cc1. The van der Waals surface area contributed by atoms with Crippen molar-refractivity contribution in [1.29, 1.82) is 0 Å². The summed E-state index contributed by atoms with van der Waals surface area (Å²) in [6.07, 6.45) is 5.87. The van der Waals surface area contributed by atoms with Crippen molar-refractivity contribution in [3.63, 3.8) is 0 Å². The van der Waals surface area contributed by atoms with Gasteiger partial charge in [-0.2, -0.15) is 0 Å². The largest absolute Gasteiger partial charge is 0.388 e. The van der Waals surface area contributed by atoms with Crippen molar-refractivity contribution in [2.75, 3.05) is 39.0 Å². The number of amides is 1. The van der Waals surface area contributed by atoms with Gasteiger partial charge < -0.3 is 14.9 Å². The van der Waals surface area contributed by atoms with Crippen LogP contribution in [0.15, 0.2) is 29.2 Å². The molecule has 2 saturated heterocycles. The van der Waals surface area contributed by atoms with Crippen LogP contribution in [0.5, 0.6) is 0 Å². The van der Waals surface area contributed by atoms with Gasteiger partial charge in [0, 0.05) is 30.1 Å². The number of carbonyl (C=O) groups excluding carboxylic acids is 1. The molecule has 0 bridgehead atoms. The van der Waals surface area contributed by atoms with Gasteiger partial charge in [0.2, 0.25) is 0 Å². The van der Waals surface area contributed by atoms with Crippen LogP contribution in [-0.4, -0.2) is 65.4 Å². The van der Waals surface area contributed by atoms with E-state index in [4.69, 9.17) is 0 Å². The highest BCUT2D eigenvalue weighted by atomic mass is 32.2. The standard InChI is InChI=1S/C18H26N2O2S/c1-23-16-6-4-15(5-7-16)17(21)20-12-8-18(22,9-13-20)14-19-10-2-3-11-19/h4-7,22H,2-3,8-14H2,1H3.